The lowest BCUT2D eigenvalue weighted by atomic mass is 9.57. The highest BCUT2D eigenvalue weighted by Gasteiger charge is 2.46. The summed E-state index contributed by atoms with van der Waals surface area (Å²) in [6.07, 6.45) is 12.0. The molecule has 2 heteroatoms. The zero-order valence-electron chi connectivity index (χ0n) is 11.2. The fraction of sp³-hybridized carbons (Fsp3) is 1.00. The van der Waals surface area contributed by atoms with Crippen molar-refractivity contribution in [2.45, 2.75) is 70.4 Å². The van der Waals surface area contributed by atoms with Crippen molar-refractivity contribution in [2.24, 2.45) is 11.3 Å². The van der Waals surface area contributed by atoms with Gasteiger partial charge < -0.3 is 10.1 Å². The van der Waals surface area contributed by atoms with Gasteiger partial charge in [0.25, 0.3) is 0 Å². The van der Waals surface area contributed by atoms with Gasteiger partial charge in [-0.05, 0) is 50.4 Å². The Hall–Kier alpha value is -0.0800. The number of rotatable bonds is 3. The molecule has 2 aliphatic carbocycles. The van der Waals surface area contributed by atoms with Crippen LogP contribution in [0.5, 0.6) is 0 Å². The van der Waals surface area contributed by atoms with E-state index in [2.05, 4.69) is 12.2 Å². The molecule has 3 fully saturated rings. The predicted octanol–water partition coefficient (Wildman–Crippen LogP) is 3.11. The van der Waals surface area contributed by atoms with Gasteiger partial charge >= 0.3 is 0 Å². The molecule has 0 radical (unpaired) electrons. The van der Waals surface area contributed by atoms with Crippen molar-refractivity contribution < 1.29 is 4.74 Å². The van der Waals surface area contributed by atoms with Crippen LogP contribution in [0.1, 0.15) is 58.3 Å². The molecule has 0 bridgehead atoms. The molecule has 0 amide bonds. The first-order valence-corrected chi connectivity index (χ1v) is 7.65. The third-order valence-electron chi connectivity index (χ3n) is 5.68. The Labute approximate surface area is 105 Å². The average molecular weight is 237 g/mol. The predicted molar refractivity (Wildman–Crippen MR) is 70.1 cm³/mol. The molecule has 1 N–H and O–H groups in total. The molecule has 0 aromatic carbocycles. The molecule has 3 rings (SSSR count). The van der Waals surface area contributed by atoms with Crippen molar-refractivity contribution in [1.29, 1.82) is 0 Å². The fourth-order valence-corrected chi connectivity index (χ4v) is 4.21. The average Bonchev–Trinajstić information content (AvgIpc) is 2.75. The second-order valence-corrected chi connectivity index (χ2v) is 6.55. The largest absolute Gasteiger partial charge is 0.378 e. The van der Waals surface area contributed by atoms with E-state index >= 15 is 0 Å². The first-order valence-electron chi connectivity index (χ1n) is 7.65. The molecule has 1 aliphatic heterocycles. The fourth-order valence-electron chi connectivity index (χ4n) is 4.21. The first kappa shape index (κ1) is 12.0. The van der Waals surface area contributed by atoms with E-state index in [1.165, 1.54) is 57.9 Å². The number of nitrogens with one attached hydrogen (secondary N) is 1. The van der Waals surface area contributed by atoms with Gasteiger partial charge in [-0.25, -0.2) is 0 Å². The maximum Gasteiger partial charge on any atom is 0.0588 e. The second kappa shape index (κ2) is 4.89. The molecule has 0 aromatic rings. The quantitative estimate of drug-likeness (QED) is 0.814. The molecule has 2 nitrogen and oxygen atoms in total. The Bertz CT molecular complexity index is 260. The molecule has 3 atom stereocenters. The van der Waals surface area contributed by atoms with Crippen LogP contribution in [0.3, 0.4) is 0 Å². The van der Waals surface area contributed by atoms with E-state index in [0.29, 0.717) is 11.5 Å². The summed E-state index contributed by atoms with van der Waals surface area (Å²) in [6, 6.07) is 0.829. The van der Waals surface area contributed by atoms with E-state index in [0.717, 1.165) is 18.6 Å². The van der Waals surface area contributed by atoms with Crippen LogP contribution >= 0.6 is 0 Å². The highest BCUT2D eigenvalue weighted by molar-refractivity contribution is 5.01. The van der Waals surface area contributed by atoms with Gasteiger partial charge in [-0.1, -0.05) is 19.3 Å². The zero-order chi connectivity index (χ0) is 11.7. The standard InChI is InChI=1S/C15H27NO/c1-12-13(6-10-17-12)11-16-14-5-9-15(14)7-3-2-4-8-15/h12-14,16H,2-11H2,1H3. The lowest BCUT2D eigenvalue weighted by molar-refractivity contribution is 0.0184. The van der Waals surface area contributed by atoms with Crippen LogP contribution in [-0.2, 0) is 4.74 Å². The van der Waals surface area contributed by atoms with Gasteiger partial charge in [-0.3, -0.25) is 0 Å². The van der Waals surface area contributed by atoms with Gasteiger partial charge in [0.2, 0.25) is 0 Å². The van der Waals surface area contributed by atoms with Gasteiger partial charge in [0.15, 0.2) is 0 Å². The van der Waals surface area contributed by atoms with E-state index in [1.54, 1.807) is 0 Å². The van der Waals surface area contributed by atoms with E-state index in [1.807, 2.05) is 0 Å². The van der Waals surface area contributed by atoms with Crippen LogP contribution in [-0.4, -0.2) is 25.3 Å². The third-order valence-corrected chi connectivity index (χ3v) is 5.68. The van der Waals surface area contributed by atoms with Crippen LogP contribution in [0.15, 0.2) is 0 Å². The summed E-state index contributed by atoms with van der Waals surface area (Å²) in [5.74, 6) is 0.760. The Kier molecular flexibility index (Phi) is 3.45. The molecule has 0 aromatic heterocycles. The number of hydrogen-bond acceptors (Lipinski definition) is 2. The maximum atomic E-state index is 5.65. The Morgan fingerprint density at radius 2 is 1.94 bits per heavy atom. The molecule has 1 spiro atoms. The van der Waals surface area contributed by atoms with Crippen LogP contribution in [0.2, 0.25) is 0 Å². The Morgan fingerprint density at radius 1 is 1.12 bits per heavy atom. The molecule has 1 saturated heterocycles. The van der Waals surface area contributed by atoms with Crippen molar-refractivity contribution >= 4 is 0 Å². The summed E-state index contributed by atoms with van der Waals surface area (Å²) < 4.78 is 5.65. The Balaban J connectivity index is 1.48. The third kappa shape index (κ3) is 2.26. The Morgan fingerprint density at radius 3 is 2.53 bits per heavy atom. The summed E-state index contributed by atoms with van der Waals surface area (Å²) in [7, 11) is 0. The van der Waals surface area contributed by atoms with E-state index < -0.39 is 0 Å². The summed E-state index contributed by atoms with van der Waals surface area (Å²) in [6.45, 7) is 4.40. The van der Waals surface area contributed by atoms with E-state index in [9.17, 15) is 0 Å². The zero-order valence-corrected chi connectivity index (χ0v) is 11.2. The molecule has 3 unspecified atom stereocenters. The van der Waals surface area contributed by atoms with E-state index in [4.69, 9.17) is 4.74 Å². The smallest absolute Gasteiger partial charge is 0.0588 e. The highest BCUT2D eigenvalue weighted by Crippen LogP contribution is 2.51. The van der Waals surface area contributed by atoms with E-state index in [-0.39, 0.29) is 0 Å². The topological polar surface area (TPSA) is 21.3 Å². The van der Waals surface area contributed by atoms with Crippen molar-refractivity contribution in [3.8, 4) is 0 Å². The summed E-state index contributed by atoms with van der Waals surface area (Å²) in [5.41, 5.74) is 0.709. The van der Waals surface area contributed by atoms with Crippen LogP contribution in [0.25, 0.3) is 0 Å². The van der Waals surface area contributed by atoms with Gasteiger partial charge in [0.1, 0.15) is 0 Å². The lowest BCUT2D eigenvalue weighted by Gasteiger charge is -2.53. The SMILES string of the molecule is CC1OCCC1CNC1CCC12CCCCC2. The van der Waals surface area contributed by atoms with Gasteiger partial charge in [0, 0.05) is 19.2 Å². The minimum absolute atomic E-state index is 0.477. The summed E-state index contributed by atoms with van der Waals surface area (Å²) >= 11 is 0. The second-order valence-electron chi connectivity index (χ2n) is 6.55. The van der Waals surface area contributed by atoms with Crippen molar-refractivity contribution in [3.05, 3.63) is 0 Å². The van der Waals surface area contributed by atoms with Crippen molar-refractivity contribution in [1.82, 2.24) is 5.32 Å². The van der Waals surface area contributed by atoms with Gasteiger partial charge in [0.05, 0.1) is 6.10 Å². The maximum absolute atomic E-state index is 5.65. The molecule has 1 heterocycles. The van der Waals surface area contributed by atoms with Crippen molar-refractivity contribution in [3.63, 3.8) is 0 Å². The van der Waals surface area contributed by atoms with Crippen molar-refractivity contribution in [2.75, 3.05) is 13.2 Å². The normalized spacial score (nSPS) is 40.4. The molecular formula is C15H27NO. The number of ether oxygens (including phenoxy) is 1. The summed E-state index contributed by atoms with van der Waals surface area (Å²) in [4.78, 5) is 0. The lowest BCUT2D eigenvalue weighted by Crippen LogP contribution is -2.55. The number of hydrogen-bond donors (Lipinski definition) is 1. The molecular weight excluding hydrogens is 210 g/mol. The molecule has 3 aliphatic rings. The van der Waals surface area contributed by atoms with Crippen LogP contribution in [0.4, 0.5) is 0 Å². The van der Waals surface area contributed by atoms with Crippen LogP contribution < -0.4 is 5.32 Å². The molecule has 17 heavy (non-hydrogen) atoms. The minimum atomic E-state index is 0.477. The minimum Gasteiger partial charge on any atom is -0.378 e. The molecule has 2 saturated carbocycles. The van der Waals surface area contributed by atoms with Gasteiger partial charge in [-0.2, -0.15) is 0 Å². The van der Waals surface area contributed by atoms with Gasteiger partial charge in [-0.15, -0.1) is 0 Å². The van der Waals surface area contributed by atoms with Crippen LogP contribution in [0, 0.1) is 11.3 Å². The molecule has 98 valence electrons. The summed E-state index contributed by atoms with van der Waals surface area (Å²) in [5, 5.41) is 3.87. The highest BCUT2D eigenvalue weighted by atomic mass is 16.5. The first-order chi connectivity index (χ1) is 8.30. The monoisotopic (exact) mass is 237 g/mol.